The van der Waals surface area contributed by atoms with Crippen LogP contribution in [0.15, 0.2) is 57.2 Å². The number of carbonyl (C=O) groups excluding carboxylic acids is 1. The van der Waals surface area contributed by atoms with E-state index in [1.807, 2.05) is 13.8 Å². The molecule has 3 atom stereocenters. The van der Waals surface area contributed by atoms with Crippen LogP contribution in [0.3, 0.4) is 0 Å². The lowest BCUT2D eigenvalue weighted by atomic mass is 9.94. The minimum absolute atomic E-state index is 0.0461. The first-order chi connectivity index (χ1) is 15.1. The summed E-state index contributed by atoms with van der Waals surface area (Å²) >= 11 is 1.31. The topological polar surface area (TPSA) is 66.5 Å². The van der Waals surface area contributed by atoms with Crippen molar-refractivity contribution in [3.63, 3.8) is 0 Å². The molecule has 8 heteroatoms. The van der Waals surface area contributed by atoms with Gasteiger partial charge in [-0.1, -0.05) is 32.5 Å². The number of rotatable bonds is 7. The van der Waals surface area contributed by atoms with Gasteiger partial charge in [-0.15, -0.1) is 0 Å². The third kappa shape index (κ3) is 5.91. The molecule has 0 spiro atoms. The molecule has 0 unspecified atom stereocenters. The molecule has 2 aromatic rings. The van der Waals surface area contributed by atoms with Crippen LogP contribution in [-0.2, 0) is 10.0 Å². The zero-order valence-electron chi connectivity index (χ0n) is 19.0. The van der Waals surface area contributed by atoms with Gasteiger partial charge in [0.15, 0.2) is 0 Å². The minimum atomic E-state index is -3.72. The van der Waals surface area contributed by atoms with Crippen LogP contribution in [0.2, 0.25) is 0 Å². The fourth-order valence-corrected chi connectivity index (χ4v) is 6.55. The third-order valence-corrected chi connectivity index (χ3v) is 8.61. The third-order valence-electron chi connectivity index (χ3n) is 5.70. The van der Waals surface area contributed by atoms with E-state index in [9.17, 15) is 17.6 Å². The van der Waals surface area contributed by atoms with E-state index in [1.165, 1.54) is 34.3 Å². The van der Waals surface area contributed by atoms with Crippen molar-refractivity contribution in [1.82, 2.24) is 9.62 Å². The van der Waals surface area contributed by atoms with Crippen LogP contribution in [-0.4, -0.2) is 37.8 Å². The molecule has 0 bridgehead atoms. The highest BCUT2D eigenvalue weighted by molar-refractivity contribution is 7.99. The SMILES string of the molecule is CC[C@H](C)NC(=O)c1cc(S(=O)(=O)N2C[C@@H](C)C[C@H](C)C2)ccc1Sc1ccc(F)cc1. The summed E-state index contributed by atoms with van der Waals surface area (Å²) in [5.74, 6) is -0.0816. The maximum absolute atomic E-state index is 13.4. The second kappa shape index (κ2) is 10.4. The number of amides is 1. The Balaban J connectivity index is 1.98. The summed E-state index contributed by atoms with van der Waals surface area (Å²) in [6, 6.07) is 10.7. The molecule has 0 saturated carbocycles. The van der Waals surface area contributed by atoms with Gasteiger partial charge in [0.25, 0.3) is 5.91 Å². The molecule has 0 aromatic heterocycles. The van der Waals surface area contributed by atoms with Gasteiger partial charge in [-0.25, -0.2) is 12.8 Å². The van der Waals surface area contributed by atoms with Gasteiger partial charge < -0.3 is 5.32 Å². The molecule has 1 heterocycles. The monoisotopic (exact) mass is 478 g/mol. The number of hydrogen-bond acceptors (Lipinski definition) is 4. The first-order valence-electron chi connectivity index (χ1n) is 11.0. The fraction of sp³-hybridized carbons (Fsp3) is 0.458. The maximum Gasteiger partial charge on any atom is 0.252 e. The van der Waals surface area contributed by atoms with E-state index < -0.39 is 10.0 Å². The van der Waals surface area contributed by atoms with E-state index in [-0.39, 0.29) is 34.5 Å². The average molecular weight is 479 g/mol. The quantitative estimate of drug-likeness (QED) is 0.596. The summed E-state index contributed by atoms with van der Waals surface area (Å²) in [6.45, 7) is 8.96. The molecule has 5 nitrogen and oxygen atoms in total. The van der Waals surface area contributed by atoms with Crippen LogP contribution in [0.5, 0.6) is 0 Å². The van der Waals surface area contributed by atoms with Crippen molar-refractivity contribution in [1.29, 1.82) is 0 Å². The molecule has 174 valence electrons. The average Bonchev–Trinajstić information content (AvgIpc) is 2.74. The number of sulfonamides is 1. The zero-order valence-corrected chi connectivity index (χ0v) is 20.6. The van der Waals surface area contributed by atoms with Gasteiger partial charge in [0.05, 0.1) is 10.5 Å². The van der Waals surface area contributed by atoms with Crippen molar-refractivity contribution in [2.75, 3.05) is 13.1 Å². The van der Waals surface area contributed by atoms with Gasteiger partial charge in [0.1, 0.15) is 5.82 Å². The summed E-state index contributed by atoms with van der Waals surface area (Å²) in [5.41, 5.74) is 0.304. The predicted molar refractivity (Wildman–Crippen MR) is 126 cm³/mol. The molecule has 1 saturated heterocycles. The number of nitrogens with zero attached hydrogens (tertiary/aromatic N) is 1. The molecule has 1 fully saturated rings. The Bertz CT molecular complexity index is 1050. The number of benzene rings is 2. The number of halogens is 1. The molecule has 32 heavy (non-hydrogen) atoms. The van der Waals surface area contributed by atoms with Crippen molar-refractivity contribution in [2.24, 2.45) is 11.8 Å². The normalized spacial score (nSPS) is 20.7. The molecule has 1 amide bonds. The van der Waals surface area contributed by atoms with Crippen molar-refractivity contribution < 1.29 is 17.6 Å². The summed E-state index contributed by atoms with van der Waals surface area (Å²) < 4.78 is 41.6. The fourth-order valence-electron chi connectivity index (χ4n) is 3.92. The van der Waals surface area contributed by atoms with E-state index in [0.717, 1.165) is 17.7 Å². The van der Waals surface area contributed by atoms with E-state index in [2.05, 4.69) is 19.2 Å². The smallest absolute Gasteiger partial charge is 0.252 e. The Kier molecular flexibility index (Phi) is 8.01. The molecule has 3 rings (SSSR count). The molecule has 2 aromatic carbocycles. The molecule has 0 radical (unpaired) electrons. The van der Waals surface area contributed by atoms with Crippen molar-refractivity contribution in [3.8, 4) is 0 Å². The lowest BCUT2D eigenvalue weighted by molar-refractivity contribution is 0.0936. The Morgan fingerprint density at radius 2 is 1.78 bits per heavy atom. The summed E-state index contributed by atoms with van der Waals surface area (Å²) in [6.07, 6.45) is 1.76. The van der Waals surface area contributed by atoms with Crippen LogP contribution in [0, 0.1) is 17.7 Å². The Labute approximate surface area is 194 Å². The van der Waals surface area contributed by atoms with Crippen molar-refractivity contribution >= 4 is 27.7 Å². The minimum Gasteiger partial charge on any atom is -0.350 e. The van der Waals surface area contributed by atoms with Gasteiger partial charge in [0, 0.05) is 28.9 Å². The lowest BCUT2D eigenvalue weighted by Crippen LogP contribution is -2.42. The maximum atomic E-state index is 13.4. The molecule has 1 aliphatic rings. The van der Waals surface area contributed by atoms with Crippen molar-refractivity contribution in [2.45, 2.75) is 61.3 Å². The molecule has 1 N–H and O–H groups in total. The van der Waals surface area contributed by atoms with Gasteiger partial charge in [-0.2, -0.15) is 4.31 Å². The van der Waals surface area contributed by atoms with Gasteiger partial charge in [-0.05, 0) is 74.1 Å². The Morgan fingerprint density at radius 3 is 2.38 bits per heavy atom. The van der Waals surface area contributed by atoms with Crippen LogP contribution in [0.4, 0.5) is 4.39 Å². The zero-order chi connectivity index (χ0) is 23.5. The van der Waals surface area contributed by atoms with Gasteiger partial charge in [0.2, 0.25) is 10.0 Å². The van der Waals surface area contributed by atoms with E-state index in [1.54, 1.807) is 24.3 Å². The Morgan fingerprint density at radius 1 is 1.16 bits per heavy atom. The van der Waals surface area contributed by atoms with E-state index in [0.29, 0.717) is 23.5 Å². The van der Waals surface area contributed by atoms with Crippen LogP contribution >= 0.6 is 11.8 Å². The number of carbonyl (C=O) groups is 1. The summed E-state index contributed by atoms with van der Waals surface area (Å²) in [7, 11) is -3.72. The lowest BCUT2D eigenvalue weighted by Gasteiger charge is -2.34. The van der Waals surface area contributed by atoms with Crippen LogP contribution in [0.1, 0.15) is 50.9 Å². The van der Waals surface area contributed by atoms with E-state index >= 15 is 0 Å². The second-order valence-corrected chi connectivity index (χ2v) is 11.8. The largest absolute Gasteiger partial charge is 0.350 e. The number of nitrogens with one attached hydrogen (secondary N) is 1. The van der Waals surface area contributed by atoms with Gasteiger partial charge in [-0.3, -0.25) is 4.79 Å². The van der Waals surface area contributed by atoms with Crippen molar-refractivity contribution in [3.05, 3.63) is 53.8 Å². The predicted octanol–water partition coefficient (Wildman–Crippen LogP) is 5.17. The molecule has 1 aliphatic heterocycles. The number of hydrogen-bond donors (Lipinski definition) is 1. The van der Waals surface area contributed by atoms with Gasteiger partial charge >= 0.3 is 0 Å². The molecule has 0 aliphatic carbocycles. The second-order valence-electron chi connectivity index (χ2n) is 8.76. The summed E-state index contributed by atoms with van der Waals surface area (Å²) in [4.78, 5) is 14.6. The molecular weight excluding hydrogens is 447 g/mol. The number of piperidine rings is 1. The highest BCUT2D eigenvalue weighted by Gasteiger charge is 2.32. The summed E-state index contributed by atoms with van der Waals surface area (Å²) in [5, 5.41) is 2.93. The standard InChI is InChI=1S/C24H31FN2O3S2/c1-5-18(4)26-24(28)22-13-21(32(29,30)27-14-16(2)12-17(3)15-27)10-11-23(22)31-20-8-6-19(25)7-9-20/h6-11,13,16-18H,5,12,14-15H2,1-4H3,(H,26,28)/t16-,17-,18-/m0/s1. The highest BCUT2D eigenvalue weighted by atomic mass is 32.2. The van der Waals surface area contributed by atoms with E-state index in [4.69, 9.17) is 0 Å². The first kappa shape index (κ1) is 24.7. The molecular formula is C24H31FN2O3S2. The first-order valence-corrected chi connectivity index (χ1v) is 13.2. The Hall–Kier alpha value is -1.90. The highest BCUT2D eigenvalue weighted by Crippen LogP contribution is 2.34. The van der Waals surface area contributed by atoms with Crippen LogP contribution < -0.4 is 5.32 Å². The van der Waals surface area contributed by atoms with Crippen LogP contribution in [0.25, 0.3) is 0 Å².